The molecule has 2 rings (SSSR count). The molecule has 18 heavy (non-hydrogen) atoms. The molecule has 1 heterocycles. The third kappa shape index (κ3) is 2.92. The van der Waals surface area contributed by atoms with Crippen LogP contribution in [-0.4, -0.2) is 15.9 Å². The molecule has 0 fully saturated rings. The van der Waals surface area contributed by atoms with Crippen molar-refractivity contribution in [2.45, 2.75) is 13.8 Å². The average Bonchev–Trinajstić information content (AvgIpc) is 2.34. The second-order valence-corrected chi connectivity index (χ2v) is 4.76. The molecule has 5 heteroatoms. The number of hydrogen-bond acceptors (Lipinski definition) is 3. The molecule has 4 nitrogen and oxygen atoms in total. The molecular weight excluding hydrogens is 294 g/mol. The Morgan fingerprint density at radius 3 is 2.72 bits per heavy atom. The van der Waals surface area contributed by atoms with Crippen LogP contribution in [0.1, 0.15) is 21.9 Å². The van der Waals surface area contributed by atoms with Gasteiger partial charge in [-0.3, -0.25) is 4.79 Å². The summed E-state index contributed by atoms with van der Waals surface area (Å²) < 4.78 is 0.958. The summed E-state index contributed by atoms with van der Waals surface area (Å²) in [4.78, 5) is 20.0. The lowest BCUT2D eigenvalue weighted by Gasteiger charge is -2.06. The highest BCUT2D eigenvalue weighted by atomic mass is 79.9. The van der Waals surface area contributed by atoms with Gasteiger partial charge in [0.25, 0.3) is 5.91 Å². The van der Waals surface area contributed by atoms with Crippen LogP contribution in [0.4, 0.5) is 5.69 Å². The molecule has 0 saturated carbocycles. The maximum Gasteiger partial charge on any atom is 0.274 e. The maximum absolute atomic E-state index is 11.9. The van der Waals surface area contributed by atoms with Gasteiger partial charge in [0, 0.05) is 16.4 Å². The van der Waals surface area contributed by atoms with E-state index in [2.05, 4.69) is 31.2 Å². The summed E-state index contributed by atoms with van der Waals surface area (Å²) in [5, 5.41) is 2.79. The monoisotopic (exact) mass is 305 g/mol. The summed E-state index contributed by atoms with van der Waals surface area (Å²) in [7, 11) is 0. The number of halogens is 1. The molecular formula is C13H12BrN3O. The van der Waals surface area contributed by atoms with Gasteiger partial charge in [-0.1, -0.05) is 22.0 Å². The van der Waals surface area contributed by atoms with Crippen molar-refractivity contribution in [2.24, 2.45) is 0 Å². The van der Waals surface area contributed by atoms with Crippen molar-refractivity contribution in [1.82, 2.24) is 9.97 Å². The SMILES string of the molecule is Cc1nccc(C(=O)Nc2ccc(C)c(Br)c2)n1. The Labute approximate surface area is 114 Å². The summed E-state index contributed by atoms with van der Waals surface area (Å²) in [6, 6.07) is 7.24. The third-order valence-corrected chi connectivity index (χ3v) is 3.29. The molecule has 2 aromatic rings. The van der Waals surface area contributed by atoms with Gasteiger partial charge in [0.2, 0.25) is 0 Å². The van der Waals surface area contributed by atoms with Crippen LogP contribution in [0.25, 0.3) is 0 Å². The Hall–Kier alpha value is -1.75. The third-order valence-electron chi connectivity index (χ3n) is 2.44. The summed E-state index contributed by atoms with van der Waals surface area (Å²) in [5.41, 5.74) is 2.21. The second-order valence-electron chi connectivity index (χ2n) is 3.91. The highest BCUT2D eigenvalue weighted by molar-refractivity contribution is 9.10. The van der Waals surface area contributed by atoms with Crippen molar-refractivity contribution in [3.8, 4) is 0 Å². The van der Waals surface area contributed by atoms with E-state index in [4.69, 9.17) is 0 Å². The largest absolute Gasteiger partial charge is 0.321 e. The quantitative estimate of drug-likeness (QED) is 0.927. The van der Waals surface area contributed by atoms with Crippen LogP contribution in [0.15, 0.2) is 34.9 Å². The first kappa shape index (κ1) is 12.7. The maximum atomic E-state index is 11.9. The number of rotatable bonds is 2. The van der Waals surface area contributed by atoms with Crippen molar-refractivity contribution in [3.05, 3.63) is 52.0 Å². The molecule has 0 unspecified atom stereocenters. The molecule has 0 bridgehead atoms. The van der Waals surface area contributed by atoms with E-state index in [-0.39, 0.29) is 5.91 Å². The summed E-state index contributed by atoms with van der Waals surface area (Å²) in [6.07, 6.45) is 1.57. The van der Waals surface area contributed by atoms with Crippen LogP contribution in [0.5, 0.6) is 0 Å². The standard InChI is InChI=1S/C13H12BrN3O/c1-8-3-4-10(7-11(8)14)17-13(18)12-5-6-15-9(2)16-12/h3-7H,1-2H3,(H,17,18). The van der Waals surface area contributed by atoms with Gasteiger partial charge in [-0.15, -0.1) is 0 Å². The first-order valence-corrected chi connectivity index (χ1v) is 6.23. The van der Waals surface area contributed by atoms with Crippen molar-refractivity contribution >= 4 is 27.5 Å². The minimum absolute atomic E-state index is 0.240. The molecule has 1 amide bonds. The van der Waals surface area contributed by atoms with Gasteiger partial charge in [-0.05, 0) is 37.6 Å². The lowest BCUT2D eigenvalue weighted by atomic mass is 10.2. The first-order valence-electron chi connectivity index (χ1n) is 5.43. The van der Waals surface area contributed by atoms with Gasteiger partial charge in [0.05, 0.1) is 0 Å². The highest BCUT2D eigenvalue weighted by Crippen LogP contribution is 2.20. The van der Waals surface area contributed by atoms with Crippen LogP contribution >= 0.6 is 15.9 Å². The van der Waals surface area contributed by atoms with Gasteiger partial charge in [-0.25, -0.2) is 9.97 Å². The second kappa shape index (κ2) is 5.27. The Morgan fingerprint density at radius 1 is 1.28 bits per heavy atom. The van der Waals surface area contributed by atoms with Gasteiger partial charge >= 0.3 is 0 Å². The average molecular weight is 306 g/mol. The number of amides is 1. The Kier molecular flexibility index (Phi) is 3.72. The van der Waals surface area contributed by atoms with E-state index in [9.17, 15) is 4.79 Å². The Morgan fingerprint density at radius 2 is 2.06 bits per heavy atom. The van der Waals surface area contributed by atoms with Crippen molar-refractivity contribution in [3.63, 3.8) is 0 Å². The fourth-order valence-corrected chi connectivity index (χ4v) is 1.83. The van der Waals surface area contributed by atoms with Crippen molar-refractivity contribution in [1.29, 1.82) is 0 Å². The predicted octanol–water partition coefficient (Wildman–Crippen LogP) is 3.11. The van der Waals surface area contributed by atoms with Crippen LogP contribution in [-0.2, 0) is 0 Å². The molecule has 0 aliphatic carbocycles. The van der Waals surface area contributed by atoms with E-state index < -0.39 is 0 Å². The van der Waals surface area contributed by atoms with E-state index in [1.54, 1.807) is 19.2 Å². The topological polar surface area (TPSA) is 54.9 Å². The number of aromatic nitrogens is 2. The zero-order valence-corrected chi connectivity index (χ0v) is 11.7. The van der Waals surface area contributed by atoms with E-state index in [0.29, 0.717) is 11.5 Å². The van der Waals surface area contributed by atoms with Crippen LogP contribution in [0.3, 0.4) is 0 Å². The van der Waals surface area contributed by atoms with Gasteiger partial charge in [0.1, 0.15) is 11.5 Å². The fraction of sp³-hybridized carbons (Fsp3) is 0.154. The Balaban J connectivity index is 2.18. The smallest absolute Gasteiger partial charge is 0.274 e. The molecule has 1 N–H and O–H groups in total. The van der Waals surface area contributed by atoms with Crippen LogP contribution in [0, 0.1) is 13.8 Å². The van der Waals surface area contributed by atoms with Crippen molar-refractivity contribution in [2.75, 3.05) is 5.32 Å². The van der Waals surface area contributed by atoms with Crippen LogP contribution < -0.4 is 5.32 Å². The normalized spacial score (nSPS) is 10.2. The molecule has 0 aliphatic rings. The highest BCUT2D eigenvalue weighted by Gasteiger charge is 2.08. The van der Waals surface area contributed by atoms with E-state index >= 15 is 0 Å². The zero-order chi connectivity index (χ0) is 13.1. The molecule has 0 atom stereocenters. The summed E-state index contributed by atoms with van der Waals surface area (Å²) in [5.74, 6) is 0.337. The lowest BCUT2D eigenvalue weighted by Crippen LogP contribution is -2.14. The number of nitrogens with one attached hydrogen (secondary N) is 1. The molecule has 92 valence electrons. The number of aryl methyl sites for hydroxylation is 2. The summed E-state index contributed by atoms with van der Waals surface area (Å²) in [6.45, 7) is 3.74. The molecule has 0 saturated heterocycles. The number of hydrogen-bond donors (Lipinski definition) is 1. The number of carbonyl (C=O) groups excluding carboxylic acids is 1. The zero-order valence-electron chi connectivity index (χ0n) is 10.1. The predicted molar refractivity (Wildman–Crippen MR) is 73.6 cm³/mol. The van der Waals surface area contributed by atoms with Crippen LogP contribution in [0.2, 0.25) is 0 Å². The Bertz CT molecular complexity index is 599. The summed E-state index contributed by atoms with van der Waals surface area (Å²) >= 11 is 3.43. The minimum Gasteiger partial charge on any atom is -0.321 e. The number of nitrogens with zero attached hydrogens (tertiary/aromatic N) is 2. The van der Waals surface area contributed by atoms with Gasteiger partial charge < -0.3 is 5.32 Å². The van der Waals surface area contributed by atoms with E-state index in [1.165, 1.54) is 0 Å². The van der Waals surface area contributed by atoms with E-state index in [1.807, 2.05) is 25.1 Å². The molecule has 0 radical (unpaired) electrons. The minimum atomic E-state index is -0.240. The lowest BCUT2D eigenvalue weighted by molar-refractivity contribution is 0.102. The molecule has 0 aliphatic heterocycles. The first-order chi connectivity index (χ1) is 8.56. The fourth-order valence-electron chi connectivity index (χ4n) is 1.45. The molecule has 0 spiro atoms. The number of benzene rings is 1. The molecule has 1 aromatic heterocycles. The van der Waals surface area contributed by atoms with E-state index in [0.717, 1.165) is 15.7 Å². The number of carbonyl (C=O) groups is 1. The van der Waals surface area contributed by atoms with Gasteiger partial charge in [0.15, 0.2) is 0 Å². The van der Waals surface area contributed by atoms with Crippen molar-refractivity contribution < 1.29 is 4.79 Å². The number of anilines is 1. The van der Waals surface area contributed by atoms with Gasteiger partial charge in [-0.2, -0.15) is 0 Å². The molecule has 1 aromatic carbocycles.